The minimum absolute atomic E-state index is 0.0273. The lowest BCUT2D eigenvalue weighted by Gasteiger charge is -2.19. The van der Waals surface area contributed by atoms with Gasteiger partial charge in [-0.25, -0.2) is 17.8 Å². The van der Waals surface area contributed by atoms with Gasteiger partial charge in [-0.05, 0) is 35.6 Å². The van der Waals surface area contributed by atoms with Crippen LogP contribution in [0.2, 0.25) is 0 Å². The summed E-state index contributed by atoms with van der Waals surface area (Å²) in [6.45, 7) is -0.0273. The number of methoxy groups -OCH3 is 1. The predicted octanol–water partition coefficient (Wildman–Crippen LogP) is 1.87. The zero-order valence-electron chi connectivity index (χ0n) is 15.6. The van der Waals surface area contributed by atoms with E-state index in [-0.39, 0.29) is 22.9 Å². The largest absolute Gasteiger partial charge is 0.508 e. The van der Waals surface area contributed by atoms with Gasteiger partial charge in [0.05, 0.1) is 38.0 Å². The number of thiophene rings is 1. The normalized spacial score (nSPS) is 12.6. The number of rotatable bonds is 9. The van der Waals surface area contributed by atoms with Crippen molar-refractivity contribution in [3.8, 4) is 5.75 Å². The van der Waals surface area contributed by atoms with E-state index in [0.717, 1.165) is 16.9 Å². The predicted molar refractivity (Wildman–Crippen MR) is 106 cm³/mol. The summed E-state index contributed by atoms with van der Waals surface area (Å²) in [6.07, 6.45) is 1.91. The molecule has 0 radical (unpaired) electrons. The van der Waals surface area contributed by atoms with Crippen molar-refractivity contribution in [2.45, 2.75) is 29.6 Å². The van der Waals surface area contributed by atoms with Crippen LogP contribution in [0.4, 0.5) is 0 Å². The Bertz CT molecular complexity index is 1050. The van der Waals surface area contributed by atoms with Crippen LogP contribution >= 0.6 is 11.3 Å². The van der Waals surface area contributed by atoms with Crippen molar-refractivity contribution in [2.75, 3.05) is 7.11 Å². The number of nitrogens with zero attached hydrogens (tertiary/aromatic N) is 3. The molecular weight excluding hydrogens is 416 g/mol. The van der Waals surface area contributed by atoms with Gasteiger partial charge < -0.3 is 9.84 Å². The van der Waals surface area contributed by atoms with Crippen molar-refractivity contribution in [1.29, 1.82) is 0 Å². The standard InChI is InChI=1S/C18H20N4O5S2/c1-27-17(24)10-14(9-13-4-6-16(23)7-5-13)22-15(11-19-21-22)12-20-29(25,26)18-3-2-8-28-18/h2-8,11,14,20,23H,9-10,12H2,1H3/t14-/m0/s1. The highest BCUT2D eigenvalue weighted by Crippen LogP contribution is 2.22. The van der Waals surface area contributed by atoms with E-state index in [4.69, 9.17) is 4.74 Å². The van der Waals surface area contributed by atoms with Gasteiger partial charge in [-0.1, -0.05) is 23.4 Å². The third-order valence-corrected chi connectivity index (χ3v) is 7.03. The van der Waals surface area contributed by atoms with Crippen LogP contribution in [0, 0.1) is 0 Å². The maximum atomic E-state index is 12.4. The second kappa shape index (κ2) is 9.16. The van der Waals surface area contributed by atoms with Crippen LogP contribution in [0.25, 0.3) is 0 Å². The molecule has 3 aromatic rings. The maximum Gasteiger partial charge on any atom is 0.307 e. The molecule has 1 aromatic carbocycles. The topological polar surface area (TPSA) is 123 Å². The van der Waals surface area contributed by atoms with Gasteiger partial charge in [-0.3, -0.25) is 4.79 Å². The van der Waals surface area contributed by atoms with Gasteiger partial charge in [0.15, 0.2) is 0 Å². The van der Waals surface area contributed by atoms with E-state index >= 15 is 0 Å². The quantitative estimate of drug-likeness (QED) is 0.491. The first-order chi connectivity index (χ1) is 13.9. The van der Waals surface area contributed by atoms with Crippen molar-refractivity contribution >= 4 is 27.3 Å². The highest BCUT2D eigenvalue weighted by molar-refractivity contribution is 7.91. The number of phenols is 1. The fraction of sp³-hybridized carbons (Fsp3) is 0.278. The molecule has 9 nitrogen and oxygen atoms in total. The number of nitrogens with one attached hydrogen (secondary N) is 1. The zero-order chi connectivity index (χ0) is 20.9. The number of benzene rings is 1. The summed E-state index contributed by atoms with van der Waals surface area (Å²) < 4.78 is 33.8. The molecule has 0 aliphatic rings. The highest BCUT2D eigenvalue weighted by Gasteiger charge is 2.22. The smallest absolute Gasteiger partial charge is 0.307 e. The Morgan fingerprint density at radius 3 is 2.72 bits per heavy atom. The van der Waals surface area contributed by atoms with Crippen LogP contribution in [0.3, 0.4) is 0 Å². The number of sulfonamides is 1. The molecule has 3 rings (SSSR count). The Balaban J connectivity index is 1.80. The molecule has 0 saturated carbocycles. The van der Waals surface area contributed by atoms with Gasteiger partial charge in [-0.15, -0.1) is 16.4 Å². The van der Waals surface area contributed by atoms with Crippen molar-refractivity contribution in [3.63, 3.8) is 0 Å². The van der Waals surface area contributed by atoms with E-state index in [1.165, 1.54) is 24.1 Å². The van der Waals surface area contributed by atoms with E-state index < -0.39 is 22.0 Å². The van der Waals surface area contributed by atoms with Crippen molar-refractivity contribution in [2.24, 2.45) is 0 Å². The van der Waals surface area contributed by atoms with E-state index in [1.807, 2.05) is 0 Å². The molecule has 154 valence electrons. The summed E-state index contributed by atoms with van der Waals surface area (Å²) >= 11 is 1.12. The lowest BCUT2D eigenvalue weighted by molar-refractivity contribution is -0.141. The molecule has 2 heterocycles. The summed E-state index contributed by atoms with van der Waals surface area (Å²) in [5, 5.41) is 19.1. The van der Waals surface area contributed by atoms with Crippen molar-refractivity contribution in [3.05, 3.63) is 59.2 Å². The Morgan fingerprint density at radius 1 is 1.31 bits per heavy atom. The lowest BCUT2D eigenvalue weighted by Crippen LogP contribution is -2.26. The van der Waals surface area contributed by atoms with E-state index in [9.17, 15) is 18.3 Å². The number of phenolic OH excluding ortho intramolecular Hbond substituents is 1. The molecule has 2 aromatic heterocycles. The van der Waals surface area contributed by atoms with Gasteiger partial charge in [0.25, 0.3) is 0 Å². The number of ether oxygens (including phenoxy) is 1. The number of hydrogen-bond donors (Lipinski definition) is 2. The van der Waals surface area contributed by atoms with Crippen LogP contribution in [-0.2, 0) is 32.5 Å². The van der Waals surface area contributed by atoms with Gasteiger partial charge in [0, 0.05) is 0 Å². The SMILES string of the molecule is COC(=O)C[C@H](Cc1ccc(O)cc1)n1nncc1CNS(=O)(=O)c1cccs1. The summed E-state index contributed by atoms with van der Waals surface area (Å²) in [7, 11) is -2.34. The fourth-order valence-electron chi connectivity index (χ4n) is 2.78. The number of carbonyl (C=O) groups excluding carboxylic acids is 1. The molecule has 0 unspecified atom stereocenters. The zero-order valence-corrected chi connectivity index (χ0v) is 17.2. The fourth-order valence-corrected chi connectivity index (χ4v) is 4.82. The molecule has 1 atom stereocenters. The third-order valence-electron chi connectivity index (χ3n) is 4.24. The third kappa shape index (κ3) is 5.40. The molecule has 0 aliphatic heterocycles. The number of aromatic nitrogens is 3. The minimum Gasteiger partial charge on any atom is -0.508 e. The second-order valence-electron chi connectivity index (χ2n) is 6.23. The average molecular weight is 437 g/mol. The first-order valence-corrected chi connectivity index (χ1v) is 11.0. The van der Waals surface area contributed by atoms with Gasteiger partial charge in [0.1, 0.15) is 9.96 Å². The molecule has 2 N–H and O–H groups in total. The number of esters is 1. The lowest BCUT2D eigenvalue weighted by atomic mass is 10.0. The first-order valence-electron chi connectivity index (χ1n) is 8.66. The number of aromatic hydroxyl groups is 1. The minimum atomic E-state index is -3.65. The highest BCUT2D eigenvalue weighted by atomic mass is 32.2. The molecule has 0 fully saturated rings. The maximum absolute atomic E-state index is 12.4. The number of hydrogen-bond acceptors (Lipinski definition) is 8. The molecule has 0 aliphatic carbocycles. The monoisotopic (exact) mass is 436 g/mol. The number of carbonyl (C=O) groups is 1. The van der Waals surface area contributed by atoms with Crippen LogP contribution in [-0.4, -0.2) is 41.6 Å². The van der Waals surface area contributed by atoms with E-state index in [1.54, 1.807) is 35.7 Å². The van der Waals surface area contributed by atoms with Crippen molar-refractivity contribution < 1.29 is 23.1 Å². The first kappa shape index (κ1) is 21.0. The molecule has 29 heavy (non-hydrogen) atoms. The molecular formula is C18H20N4O5S2. The van der Waals surface area contributed by atoms with Crippen LogP contribution in [0.15, 0.2) is 52.2 Å². The summed E-state index contributed by atoms with van der Waals surface area (Å²) in [4.78, 5) is 11.9. The van der Waals surface area contributed by atoms with Gasteiger partial charge in [0.2, 0.25) is 10.0 Å². The summed E-state index contributed by atoms with van der Waals surface area (Å²) in [5.74, 6) is -0.280. The molecule has 11 heteroatoms. The van der Waals surface area contributed by atoms with Gasteiger partial charge >= 0.3 is 5.97 Å². The average Bonchev–Trinajstić information content (AvgIpc) is 3.40. The van der Waals surface area contributed by atoms with Crippen molar-refractivity contribution in [1.82, 2.24) is 19.7 Å². The Labute approximate surface area is 172 Å². The molecule has 0 spiro atoms. The Hall–Kier alpha value is -2.76. The van der Waals surface area contributed by atoms with Crippen LogP contribution in [0.5, 0.6) is 5.75 Å². The Kier molecular flexibility index (Phi) is 6.62. The molecule has 0 bridgehead atoms. The van der Waals surface area contributed by atoms with Crippen LogP contribution < -0.4 is 4.72 Å². The second-order valence-corrected chi connectivity index (χ2v) is 9.17. The summed E-state index contributed by atoms with van der Waals surface area (Å²) in [5.41, 5.74) is 1.38. The van der Waals surface area contributed by atoms with Gasteiger partial charge in [-0.2, -0.15) is 0 Å². The Morgan fingerprint density at radius 2 is 2.07 bits per heavy atom. The van der Waals surface area contributed by atoms with E-state index in [0.29, 0.717) is 12.1 Å². The molecule has 0 saturated heterocycles. The van der Waals surface area contributed by atoms with Crippen LogP contribution in [0.1, 0.15) is 23.7 Å². The molecule has 0 amide bonds. The van der Waals surface area contributed by atoms with E-state index in [2.05, 4.69) is 15.0 Å². The summed E-state index contributed by atoms with van der Waals surface area (Å²) in [6, 6.07) is 9.36.